The van der Waals surface area contributed by atoms with Gasteiger partial charge in [-0.25, -0.2) is 0 Å². The summed E-state index contributed by atoms with van der Waals surface area (Å²) in [6.07, 6.45) is 0. The van der Waals surface area contributed by atoms with E-state index < -0.39 is 0 Å². The quantitative estimate of drug-likeness (QED) is 0.658. The summed E-state index contributed by atoms with van der Waals surface area (Å²) in [5.41, 5.74) is 1.99. The number of benzene rings is 1. The summed E-state index contributed by atoms with van der Waals surface area (Å²) < 4.78 is 0. The normalized spacial score (nSPS) is 9.82. The first-order valence-corrected chi connectivity index (χ1v) is 6.27. The first-order valence-electron chi connectivity index (χ1n) is 5.48. The molecule has 0 saturated carbocycles. The number of likely N-dealkylation sites (N-methyl/N-ethyl adjacent to an activating group) is 1. The van der Waals surface area contributed by atoms with Crippen molar-refractivity contribution in [2.75, 3.05) is 18.4 Å². The second-order valence-electron chi connectivity index (χ2n) is 3.91. The second kappa shape index (κ2) is 6.62. The predicted octanol–water partition coefficient (Wildman–Crippen LogP) is 3.93. The van der Waals surface area contributed by atoms with Gasteiger partial charge in [-0.2, -0.15) is 0 Å². The molecule has 0 spiro atoms. The average Bonchev–Trinajstić information content (AvgIpc) is 2.25. The first-order chi connectivity index (χ1) is 8.02. The van der Waals surface area contributed by atoms with Gasteiger partial charge in [-0.05, 0) is 44.3 Å². The zero-order valence-electron chi connectivity index (χ0n) is 10.2. The lowest BCUT2D eigenvalue weighted by Gasteiger charge is -2.24. The third-order valence-corrected chi connectivity index (χ3v) is 2.80. The Kier molecular flexibility index (Phi) is 5.45. The van der Waals surface area contributed by atoms with Crippen LogP contribution in [0.1, 0.15) is 13.8 Å². The minimum atomic E-state index is 0.692. The fourth-order valence-electron chi connectivity index (χ4n) is 1.42. The fraction of sp³-hybridized carbons (Fsp3) is 0.308. The Balaban J connectivity index is 2.67. The smallest absolute Gasteiger partial charge is 0.173 e. The minimum absolute atomic E-state index is 0.692. The molecule has 1 aromatic rings. The van der Waals surface area contributed by atoms with Gasteiger partial charge in [0.25, 0.3) is 0 Å². The van der Waals surface area contributed by atoms with Gasteiger partial charge in [-0.3, -0.25) is 0 Å². The minimum Gasteiger partial charge on any atom is -0.345 e. The van der Waals surface area contributed by atoms with Crippen molar-refractivity contribution in [3.63, 3.8) is 0 Å². The number of anilines is 1. The standard InChI is InChI=1S/C13H17ClN2S/c1-4-16(9-10(2)3)13(17)15-12-7-5-6-11(14)8-12/h5-8H,2,4,9H2,1,3H3,(H,15,17). The molecule has 1 aromatic carbocycles. The highest BCUT2D eigenvalue weighted by Gasteiger charge is 2.07. The SMILES string of the molecule is C=C(C)CN(CC)C(=S)Nc1cccc(Cl)c1. The molecule has 0 heterocycles. The molecule has 0 fully saturated rings. The molecule has 0 saturated heterocycles. The van der Waals surface area contributed by atoms with Gasteiger partial charge in [0.1, 0.15) is 0 Å². The van der Waals surface area contributed by atoms with Gasteiger partial charge in [0.2, 0.25) is 0 Å². The lowest BCUT2D eigenvalue weighted by atomic mass is 10.3. The Hall–Kier alpha value is -1.06. The predicted molar refractivity (Wildman–Crippen MR) is 79.7 cm³/mol. The number of nitrogens with one attached hydrogen (secondary N) is 1. The van der Waals surface area contributed by atoms with Crippen LogP contribution in [-0.2, 0) is 0 Å². The summed E-state index contributed by atoms with van der Waals surface area (Å²) in [6, 6.07) is 7.51. The molecule has 0 aliphatic rings. The zero-order chi connectivity index (χ0) is 12.8. The highest BCUT2D eigenvalue weighted by atomic mass is 35.5. The van der Waals surface area contributed by atoms with Crippen LogP contribution in [0.5, 0.6) is 0 Å². The van der Waals surface area contributed by atoms with Crippen molar-refractivity contribution in [3.8, 4) is 0 Å². The van der Waals surface area contributed by atoms with Crippen molar-refractivity contribution in [2.24, 2.45) is 0 Å². The Morgan fingerprint density at radius 2 is 2.24 bits per heavy atom. The molecule has 4 heteroatoms. The van der Waals surface area contributed by atoms with Gasteiger partial charge in [-0.1, -0.05) is 29.8 Å². The van der Waals surface area contributed by atoms with E-state index in [2.05, 4.69) is 23.7 Å². The monoisotopic (exact) mass is 268 g/mol. The van der Waals surface area contributed by atoms with Crippen LogP contribution < -0.4 is 5.32 Å². The van der Waals surface area contributed by atoms with Gasteiger partial charge in [0.05, 0.1) is 0 Å². The second-order valence-corrected chi connectivity index (χ2v) is 4.73. The third kappa shape index (κ3) is 4.75. The number of hydrogen-bond donors (Lipinski definition) is 1. The fourth-order valence-corrected chi connectivity index (χ4v) is 1.92. The van der Waals surface area contributed by atoms with E-state index in [1.807, 2.05) is 31.2 Å². The van der Waals surface area contributed by atoms with Gasteiger partial charge >= 0.3 is 0 Å². The van der Waals surface area contributed by atoms with Gasteiger partial charge in [0.15, 0.2) is 5.11 Å². The van der Waals surface area contributed by atoms with Crippen molar-refractivity contribution in [2.45, 2.75) is 13.8 Å². The van der Waals surface area contributed by atoms with Crippen LogP contribution >= 0.6 is 23.8 Å². The molecule has 1 N–H and O–H groups in total. The van der Waals surface area contributed by atoms with Crippen LogP contribution in [0, 0.1) is 0 Å². The molecule has 0 aliphatic heterocycles. The zero-order valence-corrected chi connectivity index (χ0v) is 11.7. The van der Waals surface area contributed by atoms with E-state index in [9.17, 15) is 0 Å². The lowest BCUT2D eigenvalue weighted by Crippen LogP contribution is -2.35. The molecule has 0 bridgehead atoms. The summed E-state index contributed by atoms with van der Waals surface area (Å²) >= 11 is 11.3. The van der Waals surface area contributed by atoms with Crippen molar-refractivity contribution in [1.82, 2.24) is 4.90 Å². The molecule has 17 heavy (non-hydrogen) atoms. The summed E-state index contributed by atoms with van der Waals surface area (Å²) in [7, 11) is 0. The van der Waals surface area contributed by atoms with Crippen LogP contribution in [-0.4, -0.2) is 23.1 Å². The summed E-state index contributed by atoms with van der Waals surface area (Å²) in [5, 5.41) is 4.56. The van der Waals surface area contributed by atoms with Crippen LogP contribution in [0.15, 0.2) is 36.4 Å². The topological polar surface area (TPSA) is 15.3 Å². The van der Waals surface area contributed by atoms with Gasteiger partial charge in [-0.15, -0.1) is 0 Å². The lowest BCUT2D eigenvalue weighted by molar-refractivity contribution is 0.485. The molecule has 0 aliphatic carbocycles. The molecule has 0 unspecified atom stereocenters. The van der Waals surface area contributed by atoms with Crippen molar-refractivity contribution < 1.29 is 0 Å². The molecule has 0 amide bonds. The van der Waals surface area contributed by atoms with Crippen LogP contribution in [0.2, 0.25) is 5.02 Å². The van der Waals surface area contributed by atoms with Crippen LogP contribution in [0.4, 0.5) is 5.69 Å². The van der Waals surface area contributed by atoms with E-state index >= 15 is 0 Å². The Labute approximate surface area is 113 Å². The van der Waals surface area contributed by atoms with E-state index in [0.717, 1.165) is 24.4 Å². The average molecular weight is 269 g/mol. The molecule has 1 rings (SSSR count). The summed E-state index contributed by atoms with van der Waals surface area (Å²) in [6.45, 7) is 9.56. The van der Waals surface area contributed by atoms with E-state index in [1.54, 1.807) is 0 Å². The Morgan fingerprint density at radius 1 is 1.53 bits per heavy atom. The third-order valence-electron chi connectivity index (χ3n) is 2.21. The first kappa shape index (κ1) is 14.0. The molecule has 92 valence electrons. The molecular formula is C13H17ClN2S. The number of nitrogens with zero attached hydrogens (tertiary/aromatic N) is 1. The van der Waals surface area contributed by atoms with E-state index in [1.165, 1.54) is 0 Å². The maximum absolute atomic E-state index is 5.92. The van der Waals surface area contributed by atoms with Gasteiger partial charge in [0, 0.05) is 23.8 Å². The largest absolute Gasteiger partial charge is 0.345 e. The molecule has 0 atom stereocenters. The Bertz CT molecular complexity index is 418. The molecule has 0 aromatic heterocycles. The highest BCUT2D eigenvalue weighted by Crippen LogP contribution is 2.15. The molecular weight excluding hydrogens is 252 g/mol. The Morgan fingerprint density at radius 3 is 2.76 bits per heavy atom. The molecule has 2 nitrogen and oxygen atoms in total. The molecule has 0 radical (unpaired) electrons. The summed E-state index contributed by atoms with van der Waals surface area (Å²) in [4.78, 5) is 2.05. The van der Waals surface area contributed by atoms with Crippen molar-refractivity contribution in [3.05, 3.63) is 41.4 Å². The number of hydrogen-bond acceptors (Lipinski definition) is 1. The maximum atomic E-state index is 5.92. The maximum Gasteiger partial charge on any atom is 0.173 e. The van der Waals surface area contributed by atoms with Gasteiger partial charge < -0.3 is 10.2 Å². The number of rotatable bonds is 4. The van der Waals surface area contributed by atoms with Crippen molar-refractivity contribution in [1.29, 1.82) is 0 Å². The highest BCUT2D eigenvalue weighted by molar-refractivity contribution is 7.80. The number of halogens is 1. The van der Waals surface area contributed by atoms with Crippen LogP contribution in [0.25, 0.3) is 0 Å². The number of thiocarbonyl (C=S) groups is 1. The summed E-state index contributed by atoms with van der Waals surface area (Å²) in [5.74, 6) is 0. The van der Waals surface area contributed by atoms with E-state index in [-0.39, 0.29) is 0 Å². The van der Waals surface area contributed by atoms with E-state index in [0.29, 0.717) is 10.1 Å². The van der Waals surface area contributed by atoms with Crippen molar-refractivity contribution >= 4 is 34.6 Å². The van der Waals surface area contributed by atoms with E-state index in [4.69, 9.17) is 23.8 Å². The van der Waals surface area contributed by atoms with Crippen LogP contribution in [0.3, 0.4) is 0 Å².